The highest BCUT2D eigenvalue weighted by Gasteiger charge is 2.52. The quantitative estimate of drug-likeness (QED) is 0.521. The average Bonchev–Trinajstić information content (AvgIpc) is 3.51. The van der Waals surface area contributed by atoms with Crippen molar-refractivity contribution in [2.75, 3.05) is 13.7 Å². The van der Waals surface area contributed by atoms with Gasteiger partial charge in [0.05, 0.1) is 13.3 Å². The summed E-state index contributed by atoms with van der Waals surface area (Å²) in [5.74, 6) is -1.24. The van der Waals surface area contributed by atoms with Crippen molar-refractivity contribution < 1.29 is 23.9 Å². The monoisotopic (exact) mass is 527 g/mol. The first-order valence-electron chi connectivity index (χ1n) is 13.9. The Balaban J connectivity index is 1.56. The second-order valence-corrected chi connectivity index (χ2v) is 12.1. The lowest BCUT2D eigenvalue weighted by molar-refractivity contribution is -0.154. The molecule has 1 aliphatic heterocycles. The van der Waals surface area contributed by atoms with Gasteiger partial charge in [0.1, 0.15) is 23.8 Å². The molecule has 38 heavy (non-hydrogen) atoms. The fourth-order valence-electron chi connectivity index (χ4n) is 6.50. The molecule has 208 valence electrons. The molecule has 1 aromatic heterocycles. The zero-order chi connectivity index (χ0) is 27.4. The van der Waals surface area contributed by atoms with Gasteiger partial charge in [-0.1, -0.05) is 46.5 Å². The number of fused-ring (bicyclic) bond motifs is 1. The zero-order valence-corrected chi connectivity index (χ0v) is 22.9. The number of nitrogens with zero attached hydrogens (tertiary/aromatic N) is 3. The number of likely N-dealkylation sites (tertiary alicyclic amines) is 1. The molecule has 1 aromatic rings. The normalized spacial score (nSPS) is 25.3. The molecule has 10 heteroatoms. The smallest absolute Gasteiger partial charge is 0.328 e. The van der Waals surface area contributed by atoms with E-state index in [1.54, 1.807) is 4.90 Å². The van der Waals surface area contributed by atoms with Crippen molar-refractivity contribution in [3.63, 3.8) is 0 Å². The van der Waals surface area contributed by atoms with E-state index in [9.17, 15) is 19.2 Å². The summed E-state index contributed by atoms with van der Waals surface area (Å²) in [5.41, 5.74) is -0.494. The van der Waals surface area contributed by atoms with Crippen LogP contribution in [-0.2, 0) is 19.1 Å². The number of esters is 1. The summed E-state index contributed by atoms with van der Waals surface area (Å²) >= 11 is 0. The van der Waals surface area contributed by atoms with Gasteiger partial charge in [-0.25, -0.2) is 9.78 Å². The third-order valence-corrected chi connectivity index (χ3v) is 8.50. The standard InChI is InChI=1S/C28H41N5O5/c1-28(2,3)23(26(36)33-16-18-11-8-12-19(18)22(33)27(37)38-4)32-25(35)21(17-9-6-5-7-10-17)31-24(34)20-15-29-13-14-30-20/h13-15,17-19,21-23H,5-12,16H2,1-4H3,(H,31,34)(H,32,35). The molecule has 4 rings (SSSR count). The second-order valence-electron chi connectivity index (χ2n) is 12.1. The molecule has 0 radical (unpaired) electrons. The molecule has 0 aromatic carbocycles. The Morgan fingerprint density at radius 3 is 2.37 bits per heavy atom. The summed E-state index contributed by atoms with van der Waals surface area (Å²) in [4.78, 5) is 63.3. The van der Waals surface area contributed by atoms with E-state index in [1.807, 2.05) is 20.8 Å². The molecule has 2 aliphatic carbocycles. The Bertz CT molecular complexity index is 1020. The molecular formula is C28H41N5O5. The van der Waals surface area contributed by atoms with Crippen LogP contribution in [0.25, 0.3) is 0 Å². The third-order valence-electron chi connectivity index (χ3n) is 8.50. The van der Waals surface area contributed by atoms with Gasteiger partial charge in [0.15, 0.2) is 0 Å². The van der Waals surface area contributed by atoms with Crippen LogP contribution in [-0.4, -0.2) is 70.3 Å². The van der Waals surface area contributed by atoms with E-state index in [4.69, 9.17) is 4.74 Å². The van der Waals surface area contributed by atoms with Crippen LogP contribution in [0.3, 0.4) is 0 Å². The minimum Gasteiger partial charge on any atom is -0.467 e. The van der Waals surface area contributed by atoms with Crippen molar-refractivity contribution in [2.24, 2.45) is 23.2 Å². The fraction of sp³-hybridized carbons (Fsp3) is 0.714. The van der Waals surface area contributed by atoms with Crippen LogP contribution in [0.5, 0.6) is 0 Å². The number of ether oxygens (including phenoxy) is 1. The van der Waals surface area contributed by atoms with Crippen molar-refractivity contribution in [2.45, 2.75) is 90.3 Å². The average molecular weight is 528 g/mol. The van der Waals surface area contributed by atoms with E-state index in [-0.39, 0.29) is 29.4 Å². The van der Waals surface area contributed by atoms with Crippen LogP contribution in [0.1, 0.15) is 82.6 Å². The van der Waals surface area contributed by atoms with E-state index in [0.717, 1.165) is 51.4 Å². The second kappa shape index (κ2) is 11.8. The number of nitrogens with one attached hydrogen (secondary N) is 2. The molecule has 2 N–H and O–H groups in total. The molecule has 0 spiro atoms. The summed E-state index contributed by atoms with van der Waals surface area (Å²) in [6.45, 7) is 6.18. The number of hydrogen-bond acceptors (Lipinski definition) is 7. The molecule has 1 saturated heterocycles. The number of carbonyl (C=O) groups is 4. The summed E-state index contributed by atoms with van der Waals surface area (Å²) in [7, 11) is 1.35. The Morgan fingerprint density at radius 2 is 1.74 bits per heavy atom. The van der Waals surface area contributed by atoms with E-state index < -0.39 is 41.3 Å². The first-order chi connectivity index (χ1) is 18.1. The van der Waals surface area contributed by atoms with Gasteiger partial charge < -0.3 is 20.3 Å². The molecule has 3 aliphatic rings. The zero-order valence-electron chi connectivity index (χ0n) is 22.9. The van der Waals surface area contributed by atoms with E-state index >= 15 is 0 Å². The van der Waals surface area contributed by atoms with Crippen LogP contribution >= 0.6 is 0 Å². The molecule has 0 bridgehead atoms. The van der Waals surface area contributed by atoms with Gasteiger partial charge in [0, 0.05) is 18.9 Å². The van der Waals surface area contributed by atoms with E-state index in [1.165, 1.54) is 25.7 Å². The van der Waals surface area contributed by atoms with Crippen molar-refractivity contribution in [3.05, 3.63) is 24.3 Å². The van der Waals surface area contributed by atoms with Gasteiger partial charge in [0.25, 0.3) is 5.91 Å². The van der Waals surface area contributed by atoms with Crippen molar-refractivity contribution in [3.8, 4) is 0 Å². The maximum absolute atomic E-state index is 14.0. The van der Waals surface area contributed by atoms with Gasteiger partial charge in [-0.3, -0.25) is 19.4 Å². The molecule has 2 heterocycles. The van der Waals surface area contributed by atoms with E-state index in [2.05, 4.69) is 20.6 Å². The Labute approximate surface area is 224 Å². The summed E-state index contributed by atoms with van der Waals surface area (Å²) < 4.78 is 5.09. The Hall–Kier alpha value is -3.04. The van der Waals surface area contributed by atoms with Crippen LogP contribution in [0.15, 0.2) is 18.6 Å². The number of hydrogen-bond donors (Lipinski definition) is 2. The fourth-order valence-corrected chi connectivity index (χ4v) is 6.50. The molecule has 3 amide bonds. The first-order valence-corrected chi connectivity index (χ1v) is 13.9. The number of rotatable bonds is 7. The van der Waals surface area contributed by atoms with Gasteiger partial charge >= 0.3 is 5.97 Å². The molecular weight excluding hydrogens is 486 g/mol. The van der Waals surface area contributed by atoms with Crippen molar-refractivity contribution in [1.29, 1.82) is 0 Å². The Morgan fingerprint density at radius 1 is 1.00 bits per heavy atom. The Kier molecular flexibility index (Phi) is 8.67. The highest BCUT2D eigenvalue weighted by Crippen LogP contribution is 2.43. The largest absolute Gasteiger partial charge is 0.467 e. The van der Waals surface area contributed by atoms with Gasteiger partial charge in [0.2, 0.25) is 11.8 Å². The molecule has 3 fully saturated rings. The SMILES string of the molecule is COC(=O)C1C2CCCC2CN1C(=O)C(NC(=O)C(NC(=O)c1cnccn1)C1CCCCC1)C(C)(C)C. The summed E-state index contributed by atoms with van der Waals surface area (Å²) in [5, 5.41) is 5.88. The predicted octanol–water partition coefficient (Wildman–Crippen LogP) is 2.49. The number of carbonyl (C=O) groups excluding carboxylic acids is 4. The maximum Gasteiger partial charge on any atom is 0.328 e. The van der Waals surface area contributed by atoms with Gasteiger partial charge in [-0.05, 0) is 48.9 Å². The molecule has 5 unspecified atom stereocenters. The molecule has 5 atom stereocenters. The highest BCUT2D eigenvalue weighted by molar-refractivity contribution is 5.97. The number of methoxy groups -OCH3 is 1. The lowest BCUT2D eigenvalue weighted by atomic mass is 9.82. The van der Waals surface area contributed by atoms with Crippen LogP contribution < -0.4 is 10.6 Å². The van der Waals surface area contributed by atoms with Crippen LogP contribution in [0, 0.1) is 23.2 Å². The summed E-state index contributed by atoms with van der Waals surface area (Å²) in [6.07, 6.45) is 11.9. The van der Waals surface area contributed by atoms with Gasteiger partial charge in [-0.2, -0.15) is 0 Å². The van der Waals surface area contributed by atoms with E-state index in [0.29, 0.717) is 6.54 Å². The van der Waals surface area contributed by atoms with Crippen LogP contribution in [0.4, 0.5) is 0 Å². The third kappa shape index (κ3) is 5.99. The number of aromatic nitrogens is 2. The maximum atomic E-state index is 14.0. The van der Waals surface area contributed by atoms with Crippen LogP contribution in [0.2, 0.25) is 0 Å². The lowest BCUT2D eigenvalue weighted by Crippen LogP contribution is -2.61. The molecule has 10 nitrogen and oxygen atoms in total. The predicted molar refractivity (Wildman–Crippen MR) is 140 cm³/mol. The van der Waals surface area contributed by atoms with Gasteiger partial charge in [-0.15, -0.1) is 0 Å². The minimum absolute atomic E-state index is 0.0472. The number of amides is 3. The minimum atomic E-state index is -0.875. The lowest BCUT2D eigenvalue weighted by Gasteiger charge is -2.37. The first kappa shape index (κ1) is 28.0. The summed E-state index contributed by atoms with van der Waals surface area (Å²) in [6, 6.07) is -2.32. The van der Waals surface area contributed by atoms with Crippen molar-refractivity contribution in [1.82, 2.24) is 25.5 Å². The topological polar surface area (TPSA) is 131 Å². The molecule has 2 saturated carbocycles. The highest BCUT2D eigenvalue weighted by atomic mass is 16.5. The van der Waals surface area contributed by atoms with Crippen molar-refractivity contribution >= 4 is 23.7 Å².